The maximum atomic E-state index is 11.7. The summed E-state index contributed by atoms with van der Waals surface area (Å²) >= 11 is 0. The molecule has 2 aromatic rings. The summed E-state index contributed by atoms with van der Waals surface area (Å²) in [6.45, 7) is 2.22. The van der Waals surface area contributed by atoms with Gasteiger partial charge in [-0.15, -0.1) is 0 Å². The Labute approximate surface area is 140 Å². The van der Waals surface area contributed by atoms with Crippen molar-refractivity contribution >= 4 is 12.1 Å². The van der Waals surface area contributed by atoms with Crippen molar-refractivity contribution in [2.75, 3.05) is 13.2 Å². The maximum absolute atomic E-state index is 11.7. The van der Waals surface area contributed by atoms with Gasteiger partial charge in [0.1, 0.15) is 0 Å². The number of carbonyl (C=O) groups is 1. The molecule has 1 N–H and O–H groups in total. The van der Waals surface area contributed by atoms with Gasteiger partial charge in [-0.25, -0.2) is 5.43 Å². The number of amides is 1. The first-order chi connectivity index (χ1) is 11.7. The van der Waals surface area contributed by atoms with E-state index in [1.807, 2.05) is 19.1 Å². The lowest BCUT2D eigenvalue weighted by molar-refractivity contribution is -0.123. The molecule has 0 saturated carbocycles. The van der Waals surface area contributed by atoms with Gasteiger partial charge < -0.3 is 9.47 Å². The van der Waals surface area contributed by atoms with E-state index in [-0.39, 0.29) is 12.5 Å². The van der Waals surface area contributed by atoms with Crippen molar-refractivity contribution in [3.63, 3.8) is 0 Å². The number of benzene rings is 2. The smallest absolute Gasteiger partial charge is 0.277 e. The number of para-hydroxylation sites is 2. The Balaban J connectivity index is 1.83. The Bertz CT molecular complexity index is 749. The highest BCUT2D eigenvalue weighted by Crippen LogP contribution is 2.26. The van der Waals surface area contributed by atoms with Gasteiger partial charge in [-0.1, -0.05) is 24.3 Å². The van der Waals surface area contributed by atoms with Crippen LogP contribution >= 0.6 is 0 Å². The third kappa shape index (κ3) is 5.14. The molecule has 0 aliphatic heterocycles. The number of hydrogen-bond donors (Lipinski definition) is 1. The number of nitriles is 1. The van der Waals surface area contributed by atoms with Crippen molar-refractivity contribution < 1.29 is 14.3 Å². The summed E-state index contributed by atoms with van der Waals surface area (Å²) in [5.74, 6) is 0.714. The van der Waals surface area contributed by atoms with Gasteiger partial charge in [0.25, 0.3) is 5.91 Å². The zero-order chi connectivity index (χ0) is 17.2. The van der Waals surface area contributed by atoms with E-state index >= 15 is 0 Å². The van der Waals surface area contributed by atoms with Crippen LogP contribution in [0.3, 0.4) is 0 Å². The summed E-state index contributed by atoms with van der Waals surface area (Å²) in [6, 6.07) is 16.0. The number of ether oxygens (including phenoxy) is 2. The van der Waals surface area contributed by atoms with E-state index in [9.17, 15) is 4.79 Å². The second kappa shape index (κ2) is 8.96. The third-order valence-corrected chi connectivity index (χ3v) is 2.95. The Kier molecular flexibility index (Phi) is 6.35. The number of hydrogen-bond acceptors (Lipinski definition) is 5. The number of hydrazone groups is 1. The predicted molar refractivity (Wildman–Crippen MR) is 90.0 cm³/mol. The molecule has 0 heterocycles. The molecule has 0 bridgehead atoms. The minimum absolute atomic E-state index is 0.172. The molecule has 0 spiro atoms. The molecule has 0 aromatic heterocycles. The molecule has 0 radical (unpaired) electrons. The van der Waals surface area contributed by atoms with Crippen LogP contribution in [0, 0.1) is 11.3 Å². The number of rotatable bonds is 7. The van der Waals surface area contributed by atoms with E-state index in [0.29, 0.717) is 23.7 Å². The fourth-order valence-corrected chi connectivity index (χ4v) is 1.84. The van der Waals surface area contributed by atoms with Gasteiger partial charge in [-0.05, 0) is 36.8 Å². The average Bonchev–Trinajstić information content (AvgIpc) is 2.62. The van der Waals surface area contributed by atoms with Crippen molar-refractivity contribution in [1.82, 2.24) is 5.43 Å². The summed E-state index contributed by atoms with van der Waals surface area (Å²) in [4.78, 5) is 11.7. The molecule has 2 aromatic carbocycles. The largest absolute Gasteiger partial charge is 0.490 e. The maximum Gasteiger partial charge on any atom is 0.277 e. The van der Waals surface area contributed by atoms with Gasteiger partial charge in [0.05, 0.1) is 24.5 Å². The second-order valence-corrected chi connectivity index (χ2v) is 4.70. The van der Waals surface area contributed by atoms with Crippen LogP contribution < -0.4 is 14.9 Å². The lowest BCUT2D eigenvalue weighted by atomic mass is 10.2. The van der Waals surface area contributed by atoms with Gasteiger partial charge in [0, 0.05) is 0 Å². The molecule has 0 saturated heterocycles. The first kappa shape index (κ1) is 17.0. The van der Waals surface area contributed by atoms with Gasteiger partial charge in [0.2, 0.25) is 0 Å². The monoisotopic (exact) mass is 323 g/mol. The van der Waals surface area contributed by atoms with Crippen molar-refractivity contribution in [1.29, 1.82) is 5.26 Å². The summed E-state index contributed by atoms with van der Waals surface area (Å²) < 4.78 is 10.9. The van der Waals surface area contributed by atoms with E-state index in [4.69, 9.17) is 14.7 Å². The minimum atomic E-state index is -0.383. The van der Waals surface area contributed by atoms with E-state index in [1.165, 1.54) is 6.21 Å². The fraction of sp³-hybridized carbons (Fsp3) is 0.167. The molecule has 0 atom stereocenters. The van der Waals surface area contributed by atoms with Crippen LogP contribution in [0.4, 0.5) is 0 Å². The number of carbonyl (C=O) groups excluding carboxylic acids is 1. The van der Waals surface area contributed by atoms with Gasteiger partial charge >= 0.3 is 0 Å². The molecular weight excluding hydrogens is 306 g/mol. The Morgan fingerprint density at radius 1 is 1.17 bits per heavy atom. The molecule has 0 aliphatic rings. The molecule has 0 fully saturated rings. The minimum Gasteiger partial charge on any atom is -0.490 e. The standard InChI is InChI=1S/C18H17N3O3/c1-2-23-16-5-3-4-6-17(16)24-13-18(22)21-20-12-15-9-7-14(11-19)8-10-15/h3-10,12H,2,13H2,1H3,(H,21,22)/b20-12+. The zero-order valence-electron chi connectivity index (χ0n) is 13.2. The molecule has 2 rings (SSSR count). The van der Waals surface area contributed by atoms with E-state index in [0.717, 1.165) is 5.56 Å². The molecule has 6 heteroatoms. The molecule has 6 nitrogen and oxygen atoms in total. The fourth-order valence-electron chi connectivity index (χ4n) is 1.84. The van der Waals surface area contributed by atoms with Gasteiger partial charge in [-0.2, -0.15) is 10.4 Å². The van der Waals surface area contributed by atoms with Gasteiger partial charge in [-0.3, -0.25) is 4.79 Å². The van der Waals surface area contributed by atoms with E-state index < -0.39 is 0 Å². The number of nitrogens with zero attached hydrogens (tertiary/aromatic N) is 2. The highest BCUT2D eigenvalue weighted by atomic mass is 16.5. The lowest BCUT2D eigenvalue weighted by Crippen LogP contribution is -2.24. The summed E-state index contributed by atoms with van der Waals surface area (Å²) in [5.41, 5.74) is 3.72. The number of nitrogens with one attached hydrogen (secondary N) is 1. The highest BCUT2D eigenvalue weighted by molar-refractivity contribution is 5.83. The lowest BCUT2D eigenvalue weighted by Gasteiger charge is -2.10. The SMILES string of the molecule is CCOc1ccccc1OCC(=O)N/N=C/c1ccc(C#N)cc1. The molecule has 122 valence electrons. The van der Waals surface area contributed by atoms with Crippen LogP contribution in [-0.2, 0) is 4.79 Å². The first-order valence-electron chi connectivity index (χ1n) is 7.39. The van der Waals surface area contributed by atoms with Crippen LogP contribution in [0.25, 0.3) is 0 Å². The first-order valence-corrected chi connectivity index (χ1v) is 7.39. The van der Waals surface area contributed by atoms with Crippen molar-refractivity contribution in [3.8, 4) is 17.6 Å². The second-order valence-electron chi connectivity index (χ2n) is 4.70. The van der Waals surface area contributed by atoms with Crippen molar-refractivity contribution in [2.24, 2.45) is 5.10 Å². The van der Waals surface area contributed by atoms with Crippen LogP contribution in [0.2, 0.25) is 0 Å². The summed E-state index contributed by atoms with van der Waals surface area (Å²) in [7, 11) is 0. The predicted octanol–water partition coefficient (Wildman–Crippen LogP) is 2.49. The van der Waals surface area contributed by atoms with Crippen LogP contribution in [0.5, 0.6) is 11.5 Å². The Morgan fingerprint density at radius 2 is 1.83 bits per heavy atom. The van der Waals surface area contributed by atoms with Gasteiger partial charge in [0.15, 0.2) is 18.1 Å². The summed E-state index contributed by atoms with van der Waals surface area (Å²) in [6.07, 6.45) is 1.49. The van der Waals surface area contributed by atoms with E-state index in [2.05, 4.69) is 10.5 Å². The van der Waals surface area contributed by atoms with E-state index in [1.54, 1.807) is 42.5 Å². The van der Waals surface area contributed by atoms with Crippen molar-refractivity contribution in [3.05, 3.63) is 59.7 Å². The van der Waals surface area contributed by atoms with Crippen molar-refractivity contribution in [2.45, 2.75) is 6.92 Å². The van der Waals surface area contributed by atoms with Crippen LogP contribution in [0.15, 0.2) is 53.6 Å². The molecule has 0 aliphatic carbocycles. The third-order valence-electron chi connectivity index (χ3n) is 2.95. The molecule has 1 amide bonds. The topological polar surface area (TPSA) is 83.7 Å². The van der Waals surface area contributed by atoms with Crippen LogP contribution in [-0.4, -0.2) is 25.3 Å². The Hall–Kier alpha value is -3.33. The normalized spacial score (nSPS) is 10.2. The summed E-state index contributed by atoms with van der Waals surface area (Å²) in [5, 5.41) is 12.6. The highest BCUT2D eigenvalue weighted by Gasteiger charge is 2.06. The molecular formula is C18H17N3O3. The Morgan fingerprint density at radius 3 is 2.46 bits per heavy atom. The molecule has 0 unspecified atom stereocenters. The van der Waals surface area contributed by atoms with Crippen LogP contribution in [0.1, 0.15) is 18.1 Å². The molecule has 24 heavy (non-hydrogen) atoms. The quantitative estimate of drug-likeness (QED) is 0.627. The zero-order valence-corrected chi connectivity index (χ0v) is 13.2. The average molecular weight is 323 g/mol.